The van der Waals surface area contributed by atoms with Crippen molar-refractivity contribution in [3.8, 4) is 0 Å². The molecule has 0 N–H and O–H groups in total. The molecule has 5 heteroatoms. The second-order valence-corrected chi connectivity index (χ2v) is 8.82. The molecule has 0 aromatic heterocycles. The molecule has 0 radical (unpaired) electrons. The summed E-state index contributed by atoms with van der Waals surface area (Å²) in [4.78, 5) is 0. The molecule has 0 unspecified atom stereocenters. The van der Waals surface area contributed by atoms with Gasteiger partial charge < -0.3 is 18.0 Å². The Labute approximate surface area is 148 Å². The van der Waals surface area contributed by atoms with Gasteiger partial charge >= 0.3 is 8.80 Å². The minimum absolute atomic E-state index is 0.0230. The van der Waals surface area contributed by atoms with Crippen LogP contribution in [0.3, 0.4) is 0 Å². The van der Waals surface area contributed by atoms with Crippen LogP contribution >= 0.6 is 0 Å². The molecular formula is C19H32O4Si. The maximum atomic E-state index is 6.13. The highest BCUT2D eigenvalue weighted by atomic mass is 28.4. The predicted molar refractivity (Wildman–Crippen MR) is 99.7 cm³/mol. The van der Waals surface area contributed by atoms with Gasteiger partial charge in [-0.15, -0.1) is 0 Å². The highest BCUT2D eigenvalue weighted by Crippen LogP contribution is 2.23. The molecule has 0 amide bonds. The van der Waals surface area contributed by atoms with Crippen molar-refractivity contribution in [2.24, 2.45) is 0 Å². The van der Waals surface area contributed by atoms with E-state index in [4.69, 9.17) is 18.0 Å². The van der Waals surface area contributed by atoms with Crippen molar-refractivity contribution in [3.05, 3.63) is 47.9 Å². The fourth-order valence-electron chi connectivity index (χ4n) is 2.43. The molecule has 136 valence electrons. The van der Waals surface area contributed by atoms with Gasteiger partial charge in [-0.3, -0.25) is 0 Å². The summed E-state index contributed by atoms with van der Waals surface area (Å²) < 4.78 is 23.8. The van der Waals surface area contributed by atoms with Crippen molar-refractivity contribution in [3.63, 3.8) is 0 Å². The van der Waals surface area contributed by atoms with Crippen LogP contribution in [-0.2, 0) is 18.0 Å². The lowest BCUT2D eigenvalue weighted by atomic mass is 10.0. The molecule has 0 saturated carbocycles. The second-order valence-electron chi connectivity index (χ2n) is 6.42. The molecule has 0 bridgehead atoms. The molecule has 24 heavy (non-hydrogen) atoms. The van der Waals surface area contributed by atoms with Gasteiger partial charge in [0.25, 0.3) is 5.95 Å². The molecule has 0 heterocycles. The van der Waals surface area contributed by atoms with Gasteiger partial charge in [-0.1, -0.05) is 37.3 Å². The summed E-state index contributed by atoms with van der Waals surface area (Å²) in [6.45, 7) is 14.4. The van der Waals surface area contributed by atoms with Crippen molar-refractivity contribution in [1.29, 1.82) is 0 Å². The molecule has 0 fully saturated rings. The van der Waals surface area contributed by atoms with E-state index < -0.39 is 8.80 Å². The van der Waals surface area contributed by atoms with Crippen LogP contribution in [0.2, 0.25) is 6.55 Å². The molecule has 0 spiro atoms. The third kappa shape index (κ3) is 7.51. The minimum Gasteiger partial charge on any atom is -0.473 e. The zero-order valence-corrected chi connectivity index (χ0v) is 17.0. The van der Waals surface area contributed by atoms with Crippen LogP contribution in [-0.4, -0.2) is 27.6 Å². The molecule has 0 aliphatic carbocycles. The van der Waals surface area contributed by atoms with E-state index in [-0.39, 0.29) is 18.1 Å². The fourth-order valence-corrected chi connectivity index (χ4v) is 4.78. The predicted octanol–water partition coefficient (Wildman–Crippen LogP) is 5.10. The molecule has 1 atom stereocenters. The highest BCUT2D eigenvalue weighted by molar-refractivity contribution is 6.59. The summed E-state index contributed by atoms with van der Waals surface area (Å²) in [5.41, 5.74) is 1.20. The van der Waals surface area contributed by atoms with Crippen LogP contribution in [0.5, 0.6) is 0 Å². The van der Waals surface area contributed by atoms with Crippen molar-refractivity contribution < 1.29 is 18.0 Å². The summed E-state index contributed by atoms with van der Waals surface area (Å²) in [6, 6.07) is 10.3. The Bertz CT molecular complexity index is 489. The lowest BCUT2D eigenvalue weighted by Crippen LogP contribution is -2.46. The number of hydrogen-bond acceptors (Lipinski definition) is 4. The molecule has 1 aromatic carbocycles. The quantitative estimate of drug-likeness (QED) is 0.433. The smallest absolute Gasteiger partial charge is 0.473 e. The summed E-state index contributed by atoms with van der Waals surface area (Å²) in [7, 11) is -2.84. The van der Waals surface area contributed by atoms with E-state index in [0.29, 0.717) is 12.6 Å². The van der Waals surface area contributed by atoms with Gasteiger partial charge in [-0.2, -0.15) is 0 Å². The summed E-state index contributed by atoms with van der Waals surface area (Å²) in [6.07, 6.45) is 2.03. The molecule has 1 aromatic rings. The Hall–Kier alpha value is -1.30. The van der Waals surface area contributed by atoms with Gasteiger partial charge in [0.05, 0.1) is 6.61 Å². The van der Waals surface area contributed by atoms with Crippen LogP contribution in [0, 0.1) is 0 Å². The van der Waals surface area contributed by atoms with E-state index in [1.165, 1.54) is 5.56 Å². The van der Waals surface area contributed by atoms with Crippen molar-refractivity contribution >= 4 is 8.80 Å². The normalized spacial score (nSPS) is 14.1. The Balaban J connectivity index is 2.97. The third-order valence-corrected chi connectivity index (χ3v) is 5.55. The van der Waals surface area contributed by atoms with E-state index in [9.17, 15) is 0 Å². The average Bonchev–Trinajstić information content (AvgIpc) is 2.46. The Morgan fingerprint density at radius 1 is 1.00 bits per heavy atom. The molecule has 0 aliphatic heterocycles. The van der Waals surface area contributed by atoms with Gasteiger partial charge in [0.1, 0.15) is 0 Å². The van der Waals surface area contributed by atoms with E-state index in [2.05, 4.69) is 19.1 Å². The SMILES string of the molecule is CCO/C(=C/[C@H](C)c1ccccc1)O[Si](C)(OC(C)C)OC(C)C. The molecule has 0 saturated heterocycles. The molecule has 4 nitrogen and oxygen atoms in total. The third-order valence-electron chi connectivity index (χ3n) is 3.18. The maximum Gasteiger partial charge on any atom is 0.565 e. The van der Waals surface area contributed by atoms with Crippen LogP contribution in [0.15, 0.2) is 42.4 Å². The number of benzene rings is 1. The standard InChI is InChI=1S/C19H32O4Si/c1-8-20-19(14-17(6)18-12-10-9-11-13-18)23-24(7,21-15(2)3)22-16(4)5/h9-17H,8H2,1-7H3/b19-14-/t17-/m0/s1. The van der Waals surface area contributed by atoms with Gasteiger partial charge in [0, 0.05) is 30.7 Å². The number of hydrogen-bond donors (Lipinski definition) is 0. The molecule has 0 aliphatic rings. The fraction of sp³-hybridized carbons (Fsp3) is 0.579. The molecule has 1 rings (SSSR count). The number of ether oxygens (including phenoxy) is 1. The van der Waals surface area contributed by atoms with E-state index in [0.717, 1.165) is 0 Å². The highest BCUT2D eigenvalue weighted by Gasteiger charge is 2.40. The van der Waals surface area contributed by atoms with Crippen LogP contribution in [0.4, 0.5) is 0 Å². The number of allylic oxidation sites excluding steroid dienone is 1. The minimum atomic E-state index is -2.84. The average molecular weight is 353 g/mol. The topological polar surface area (TPSA) is 36.9 Å². The lowest BCUT2D eigenvalue weighted by Gasteiger charge is -2.31. The first-order valence-corrected chi connectivity index (χ1v) is 10.9. The van der Waals surface area contributed by atoms with Crippen LogP contribution < -0.4 is 0 Å². The summed E-state index contributed by atoms with van der Waals surface area (Å²) in [5.74, 6) is 0.647. The Morgan fingerprint density at radius 3 is 2.00 bits per heavy atom. The first-order chi connectivity index (χ1) is 11.3. The van der Waals surface area contributed by atoms with Crippen molar-refractivity contribution in [2.45, 2.75) is 66.2 Å². The lowest BCUT2D eigenvalue weighted by molar-refractivity contribution is 0.00215. The monoisotopic (exact) mass is 352 g/mol. The van der Waals surface area contributed by atoms with Gasteiger partial charge in [0.2, 0.25) is 0 Å². The van der Waals surface area contributed by atoms with Crippen LogP contribution in [0.1, 0.15) is 53.0 Å². The van der Waals surface area contributed by atoms with Crippen molar-refractivity contribution in [2.75, 3.05) is 6.61 Å². The largest absolute Gasteiger partial charge is 0.565 e. The van der Waals surface area contributed by atoms with E-state index >= 15 is 0 Å². The van der Waals surface area contributed by atoms with Gasteiger partial charge in [0.15, 0.2) is 0 Å². The van der Waals surface area contributed by atoms with Crippen LogP contribution in [0.25, 0.3) is 0 Å². The maximum absolute atomic E-state index is 6.13. The van der Waals surface area contributed by atoms with Crippen molar-refractivity contribution in [1.82, 2.24) is 0 Å². The first kappa shape index (κ1) is 20.7. The second kappa shape index (κ2) is 9.86. The first-order valence-electron chi connectivity index (χ1n) is 8.70. The zero-order chi connectivity index (χ0) is 18.2. The summed E-state index contributed by atoms with van der Waals surface area (Å²) >= 11 is 0. The molecular weight excluding hydrogens is 320 g/mol. The zero-order valence-electron chi connectivity index (χ0n) is 16.0. The van der Waals surface area contributed by atoms with E-state index in [1.54, 1.807) is 0 Å². The van der Waals surface area contributed by atoms with E-state index in [1.807, 2.05) is 65.4 Å². The Kier molecular flexibility index (Phi) is 8.52. The Morgan fingerprint density at radius 2 is 1.54 bits per heavy atom. The summed E-state index contributed by atoms with van der Waals surface area (Å²) in [5, 5.41) is 0. The van der Waals surface area contributed by atoms with Gasteiger partial charge in [-0.25, -0.2) is 0 Å². The van der Waals surface area contributed by atoms with Gasteiger partial charge in [-0.05, 0) is 40.2 Å². The number of rotatable bonds is 10.